The maximum Gasteiger partial charge on any atom is 0.417 e. The number of nitrogens with two attached hydrogens (primary N) is 1. The monoisotopic (exact) mass is 431 g/mol. The van der Waals surface area contributed by atoms with Gasteiger partial charge in [0.1, 0.15) is 23.2 Å². The summed E-state index contributed by atoms with van der Waals surface area (Å²) in [6, 6.07) is 4.04. The number of halogens is 3. The van der Waals surface area contributed by atoms with Crippen LogP contribution in [0.1, 0.15) is 18.4 Å². The van der Waals surface area contributed by atoms with E-state index in [0.29, 0.717) is 42.8 Å². The number of nitrogens with zero attached hydrogens (tertiary/aromatic N) is 6. The minimum atomic E-state index is -4.47. The molecule has 31 heavy (non-hydrogen) atoms. The van der Waals surface area contributed by atoms with Gasteiger partial charge in [0.15, 0.2) is 5.82 Å². The molecule has 0 spiro atoms. The summed E-state index contributed by atoms with van der Waals surface area (Å²) in [5.41, 5.74) is 5.57. The molecule has 1 amide bonds. The zero-order valence-electron chi connectivity index (χ0n) is 16.5. The van der Waals surface area contributed by atoms with E-state index in [0.717, 1.165) is 25.1 Å². The molecule has 2 N–H and O–H groups in total. The number of carbonyl (C=O) groups is 1. The van der Waals surface area contributed by atoms with Crippen LogP contribution >= 0.6 is 0 Å². The average Bonchev–Trinajstić information content (AvgIpc) is 3.51. The number of aromatic nitrogens is 4. The highest BCUT2D eigenvalue weighted by molar-refractivity contribution is 5.81. The molecular formula is C20H20F3N7O. The van der Waals surface area contributed by atoms with Gasteiger partial charge < -0.3 is 10.6 Å². The Kier molecular flexibility index (Phi) is 4.58. The third-order valence-corrected chi connectivity index (χ3v) is 5.79. The number of hydrogen-bond donors (Lipinski definition) is 1. The Morgan fingerprint density at radius 1 is 1.13 bits per heavy atom. The third-order valence-electron chi connectivity index (χ3n) is 5.79. The first-order valence-corrected chi connectivity index (χ1v) is 9.99. The molecule has 4 heterocycles. The summed E-state index contributed by atoms with van der Waals surface area (Å²) in [5, 5.41) is 0. The molecule has 1 aliphatic heterocycles. The predicted octanol–water partition coefficient (Wildman–Crippen LogP) is 1.95. The van der Waals surface area contributed by atoms with Crippen molar-refractivity contribution in [2.75, 3.05) is 24.5 Å². The van der Waals surface area contributed by atoms with Crippen LogP contribution in [0, 0.1) is 0 Å². The molecule has 11 heteroatoms. The number of primary amides is 1. The first-order valence-electron chi connectivity index (χ1n) is 9.99. The molecule has 0 bridgehead atoms. The van der Waals surface area contributed by atoms with Crippen molar-refractivity contribution in [1.29, 1.82) is 0 Å². The van der Waals surface area contributed by atoms with Crippen LogP contribution in [0.25, 0.3) is 17.2 Å². The van der Waals surface area contributed by atoms with E-state index in [2.05, 4.69) is 19.9 Å². The van der Waals surface area contributed by atoms with Gasteiger partial charge in [0.2, 0.25) is 5.91 Å². The van der Waals surface area contributed by atoms with Gasteiger partial charge in [0, 0.05) is 38.1 Å². The molecular weight excluding hydrogens is 411 g/mol. The van der Waals surface area contributed by atoms with Gasteiger partial charge in [-0.3, -0.25) is 14.1 Å². The summed E-state index contributed by atoms with van der Waals surface area (Å²) in [4.78, 5) is 29.1. The summed E-state index contributed by atoms with van der Waals surface area (Å²) < 4.78 is 40.8. The fraction of sp³-hybridized carbons (Fsp3) is 0.400. The Morgan fingerprint density at radius 3 is 2.65 bits per heavy atom. The quantitative estimate of drug-likeness (QED) is 0.679. The maximum absolute atomic E-state index is 13.1. The van der Waals surface area contributed by atoms with Gasteiger partial charge >= 0.3 is 6.18 Å². The SMILES string of the molecule is NC(=O)[C@@H]1CN(c2ccnc(-c3cnc4ccc(C(F)(F)F)cn34)n2)CCN1C1CC1. The second-order valence-corrected chi connectivity index (χ2v) is 7.86. The molecule has 2 aliphatic rings. The van der Waals surface area contributed by atoms with Crippen molar-refractivity contribution in [2.45, 2.75) is 31.1 Å². The Hall–Kier alpha value is -3.21. The van der Waals surface area contributed by atoms with Crippen molar-refractivity contribution in [1.82, 2.24) is 24.3 Å². The van der Waals surface area contributed by atoms with Crippen LogP contribution in [-0.2, 0) is 11.0 Å². The zero-order valence-corrected chi connectivity index (χ0v) is 16.5. The fourth-order valence-electron chi connectivity index (χ4n) is 4.06. The van der Waals surface area contributed by atoms with E-state index >= 15 is 0 Å². The van der Waals surface area contributed by atoms with Crippen molar-refractivity contribution in [2.24, 2.45) is 5.73 Å². The van der Waals surface area contributed by atoms with E-state index < -0.39 is 17.8 Å². The van der Waals surface area contributed by atoms with E-state index in [9.17, 15) is 18.0 Å². The number of pyridine rings is 1. The number of piperazine rings is 1. The van der Waals surface area contributed by atoms with Gasteiger partial charge in [-0.1, -0.05) is 0 Å². The average molecular weight is 431 g/mol. The second-order valence-electron chi connectivity index (χ2n) is 7.86. The Bertz CT molecular complexity index is 1140. The normalized spacial score (nSPS) is 20.4. The lowest BCUT2D eigenvalue weighted by Gasteiger charge is -2.40. The molecule has 3 aromatic heterocycles. The van der Waals surface area contributed by atoms with E-state index in [4.69, 9.17) is 5.73 Å². The largest absolute Gasteiger partial charge is 0.417 e. The van der Waals surface area contributed by atoms with Crippen molar-refractivity contribution < 1.29 is 18.0 Å². The van der Waals surface area contributed by atoms with E-state index in [1.165, 1.54) is 16.7 Å². The summed E-state index contributed by atoms with van der Waals surface area (Å²) in [6.07, 6.45) is 1.68. The molecule has 162 valence electrons. The van der Waals surface area contributed by atoms with Crippen LogP contribution < -0.4 is 10.6 Å². The van der Waals surface area contributed by atoms with Gasteiger partial charge in [0.05, 0.1) is 11.8 Å². The standard InChI is InChI=1S/C20H20F3N7O/c21-20(22,23)12-1-4-16-26-9-14(30(16)10-12)19-25-6-5-17(27-19)28-7-8-29(13-2-3-13)15(11-28)18(24)31/h1,4-6,9-10,13,15H,2-3,7-8,11H2,(H2,24,31)/t15-/m0/s1. The van der Waals surface area contributed by atoms with Crippen molar-refractivity contribution in [3.8, 4) is 11.5 Å². The van der Waals surface area contributed by atoms with Crippen LogP contribution in [0.3, 0.4) is 0 Å². The number of imidazole rings is 1. The molecule has 8 nitrogen and oxygen atoms in total. The Balaban J connectivity index is 1.46. The van der Waals surface area contributed by atoms with Crippen LogP contribution in [0.4, 0.5) is 19.0 Å². The lowest BCUT2D eigenvalue weighted by atomic mass is 10.1. The number of anilines is 1. The van der Waals surface area contributed by atoms with Crippen LogP contribution in [0.15, 0.2) is 36.8 Å². The van der Waals surface area contributed by atoms with Gasteiger partial charge in [0.25, 0.3) is 0 Å². The lowest BCUT2D eigenvalue weighted by molar-refractivity contribution is -0.137. The summed E-state index contributed by atoms with van der Waals surface area (Å²) in [6.45, 7) is 1.78. The molecule has 1 aliphatic carbocycles. The highest BCUT2D eigenvalue weighted by atomic mass is 19.4. The smallest absolute Gasteiger partial charge is 0.368 e. The molecule has 2 fully saturated rings. The molecule has 1 atom stereocenters. The first-order chi connectivity index (χ1) is 14.8. The Morgan fingerprint density at radius 2 is 1.94 bits per heavy atom. The minimum absolute atomic E-state index is 0.254. The molecule has 3 aromatic rings. The lowest BCUT2D eigenvalue weighted by Crippen LogP contribution is -2.59. The highest BCUT2D eigenvalue weighted by Crippen LogP contribution is 2.32. The topological polar surface area (TPSA) is 92.7 Å². The molecule has 0 radical (unpaired) electrons. The summed E-state index contributed by atoms with van der Waals surface area (Å²) in [5.74, 6) is 0.477. The van der Waals surface area contributed by atoms with E-state index in [1.54, 1.807) is 12.3 Å². The van der Waals surface area contributed by atoms with E-state index in [1.807, 2.05) is 4.90 Å². The predicted molar refractivity (Wildman–Crippen MR) is 106 cm³/mol. The molecule has 1 saturated heterocycles. The van der Waals surface area contributed by atoms with E-state index in [-0.39, 0.29) is 11.7 Å². The number of amides is 1. The number of rotatable bonds is 4. The molecule has 0 aromatic carbocycles. The number of carbonyl (C=O) groups excluding carboxylic acids is 1. The maximum atomic E-state index is 13.1. The molecule has 5 rings (SSSR count). The fourth-order valence-corrected chi connectivity index (χ4v) is 4.06. The van der Waals surface area contributed by atoms with Crippen LogP contribution in [-0.4, -0.2) is 61.9 Å². The molecule has 1 saturated carbocycles. The summed E-state index contributed by atoms with van der Waals surface area (Å²) in [7, 11) is 0. The van der Waals surface area contributed by atoms with Gasteiger partial charge in [-0.25, -0.2) is 15.0 Å². The van der Waals surface area contributed by atoms with Crippen molar-refractivity contribution >= 4 is 17.4 Å². The Labute approximate surface area is 175 Å². The van der Waals surface area contributed by atoms with Gasteiger partial charge in [-0.15, -0.1) is 0 Å². The van der Waals surface area contributed by atoms with Crippen molar-refractivity contribution in [3.63, 3.8) is 0 Å². The number of hydrogen-bond acceptors (Lipinski definition) is 6. The van der Waals surface area contributed by atoms with Crippen LogP contribution in [0.2, 0.25) is 0 Å². The summed E-state index contributed by atoms with van der Waals surface area (Å²) >= 11 is 0. The van der Waals surface area contributed by atoms with Crippen LogP contribution in [0.5, 0.6) is 0 Å². The second kappa shape index (κ2) is 7.19. The van der Waals surface area contributed by atoms with Gasteiger partial charge in [-0.2, -0.15) is 13.2 Å². The third kappa shape index (κ3) is 3.69. The van der Waals surface area contributed by atoms with Gasteiger partial charge in [-0.05, 0) is 31.0 Å². The first kappa shape index (κ1) is 19.7. The highest BCUT2D eigenvalue weighted by Gasteiger charge is 2.40. The number of alkyl halides is 3. The minimum Gasteiger partial charge on any atom is -0.368 e. The number of fused-ring (bicyclic) bond motifs is 1. The molecule has 0 unspecified atom stereocenters. The van der Waals surface area contributed by atoms with Crippen molar-refractivity contribution in [3.05, 3.63) is 42.4 Å². The zero-order chi connectivity index (χ0) is 21.8.